The van der Waals surface area contributed by atoms with E-state index in [0.29, 0.717) is 23.7 Å². The Morgan fingerprint density at radius 1 is 1.25 bits per heavy atom. The Kier molecular flexibility index (Phi) is 5.77. The second-order valence-corrected chi connectivity index (χ2v) is 3.41. The summed E-state index contributed by atoms with van der Waals surface area (Å²) in [5.74, 6) is 0.638. The van der Waals surface area contributed by atoms with Crippen molar-refractivity contribution in [2.24, 2.45) is 0 Å². The van der Waals surface area contributed by atoms with Gasteiger partial charge in [-0.15, -0.1) is 0 Å². The highest BCUT2D eigenvalue weighted by atomic mass is 16.5. The molecule has 0 aromatic carbocycles. The van der Waals surface area contributed by atoms with Gasteiger partial charge in [-0.2, -0.15) is 0 Å². The third-order valence-electron chi connectivity index (χ3n) is 2.07. The van der Waals surface area contributed by atoms with Gasteiger partial charge >= 0.3 is 0 Å². The predicted octanol–water partition coefficient (Wildman–Crippen LogP) is 0.0545. The van der Waals surface area contributed by atoms with Gasteiger partial charge in [0.05, 0.1) is 31.2 Å². The first-order valence-corrected chi connectivity index (χ1v) is 5.29. The molecule has 1 rings (SSSR count). The lowest BCUT2D eigenvalue weighted by Crippen LogP contribution is -2.11. The average molecular weight is 226 g/mol. The number of rotatable bonds is 7. The van der Waals surface area contributed by atoms with Crippen molar-refractivity contribution < 1.29 is 14.9 Å². The molecule has 0 aliphatic carbocycles. The number of aromatic nitrogens is 1. The van der Waals surface area contributed by atoms with E-state index in [2.05, 4.69) is 10.3 Å². The highest BCUT2D eigenvalue weighted by Crippen LogP contribution is 2.14. The molecule has 1 heterocycles. The minimum atomic E-state index is -0.152. The van der Waals surface area contributed by atoms with Gasteiger partial charge in [-0.1, -0.05) is 0 Å². The van der Waals surface area contributed by atoms with Gasteiger partial charge in [-0.3, -0.25) is 4.98 Å². The summed E-state index contributed by atoms with van der Waals surface area (Å²) in [7, 11) is 1.89. The van der Waals surface area contributed by atoms with E-state index in [0.717, 1.165) is 13.0 Å². The molecule has 0 aliphatic heterocycles. The number of aliphatic hydroxyl groups excluding tert-OH is 2. The van der Waals surface area contributed by atoms with Gasteiger partial charge < -0.3 is 20.3 Å². The highest BCUT2D eigenvalue weighted by Gasteiger charge is 2.02. The highest BCUT2D eigenvalue weighted by molar-refractivity contribution is 5.26. The third kappa shape index (κ3) is 4.14. The van der Waals surface area contributed by atoms with Gasteiger partial charge in [-0.25, -0.2) is 0 Å². The maximum Gasteiger partial charge on any atom is 0.123 e. The SMILES string of the molecule is CNCCCOc1cc(CO)nc(CO)c1. The smallest absolute Gasteiger partial charge is 0.123 e. The Morgan fingerprint density at radius 2 is 1.88 bits per heavy atom. The van der Waals surface area contributed by atoms with Crippen LogP contribution in [-0.4, -0.2) is 35.4 Å². The minimum Gasteiger partial charge on any atom is -0.493 e. The van der Waals surface area contributed by atoms with E-state index >= 15 is 0 Å². The number of nitrogens with one attached hydrogen (secondary N) is 1. The maximum absolute atomic E-state index is 8.98. The summed E-state index contributed by atoms with van der Waals surface area (Å²) in [5, 5.41) is 21.0. The van der Waals surface area contributed by atoms with Gasteiger partial charge in [0.1, 0.15) is 5.75 Å². The number of hydrogen-bond acceptors (Lipinski definition) is 5. The summed E-state index contributed by atoms with van der Waals surface area (Å²) < 4.78 is 5.49. The molecule has 0 aliphatic rings. The molecular weight excluding hydrogens is 208 g/mol. The lowest BCUT2D eigenvalue weighted by Gasteiger charge is -2.08. The summed E-state index contributed by atoms with van der Waals surface area (Å²) in [6.07, 6.45) is 0.905. The fraction of sp³-hybridized carbons (Fsp3) is 0.545. The molecule has 3 N–H and O–H groups in total. The van der Waals surface area contributed by atoms with Crippen LogP contribution in [0.1, 0.15) is 17.8 Å². The molecule has 5 nitrogen and oxygen atoms in total. The second kappa shape index (κ2) is 7.16. The molecule has 0 atom stereocenters. The zero-order chi connectivity index (χ0) is 11.8. The molecule has 16 heavy (non-hydrogen) atoms. The topological polar surface area (TPSA) is 74.6 Å². The van der Waals surface area contributed by atoms with Crippen LogP contribution in [-0.2, 0) is 13.2 Å². The quantitative estimate of drug-likeness (QED) is 0.573. The van der Waals surface area contributed by atoms with Crippen LogP contribution >= 0.6 is 0 Å². The zero-order valence-electron chi connectivity index (χ0n) is 9.44. The largest absolute Gasteiger partial charge is 0.493 e. The van der Waals surface area contributed by atoms with Crippen molar-refractivity contribution in [1.82, 2.24) is 10.3 Å². The Hall–Kier alpha value is -1.17. The van der Waals surface area contributed by atoms with Gasteiger partial charge in [0.2, 0.25) is 0 Å². The normalized spacial score (nSPS) is 10.4. The number of pyridine rings is 1. The summed E-state index contributed by atoms with van der Waals surface area (Å²) in [4.78, 5) is 4.02. The first-order valence-electron chi connectivity index (χ1n) is 5.29. The first kappa shape index (κ1) is 12.9. The molecule has 0 radical (unpaired) electrons. The predicted molar refractivity (Wildman–Crippen MR) is 60.1 cm³/mol. The molecule has 0 spiro atoms. The van der Waals surface area contributed by atoms with E-state index in [1.54, 1.807) is 12.1 Å². The van der Waals surface area contributed by atoms with Crippen LogP contribution in [0.4, 0.5) is 0 Å². The van der Waals surface area contributed by atoms with E-state index in [-0.39, 0.29) is 13.2 Å². The lowest BCUT2D eigenvalue weighted by molar-refractivity contribution is 0.260. The summed E-state index contributed by atoms with van der Waals surface area (Å²) >= 11 is 0. The molecular formula is C11H18N2O3. The van der Waals surface area contributed by atoms with Crippen molar-refractivity contribution in [1.29, 1.82) is 0 Å². The fourth-order valence-corrected chi connectivity index (χ4v) is 1.30. The average Bonchev–Trinajstić information content (AvgIpc) is 2.34. The Bertz CT molecular complexity index is 296. The van der Waals surface area contributed by atoms with Gasteiger partial charge in [0, 0.05) is 12.1 Å². The van der Waals surface area contributed by atoms with E-state index < -0.39 is 0 Å². The van der Waals surface area contributed by atoms with Crippen molar-refractivity contribution in [2.45, 2.75) is 19.6 Å². The van der Waals surface area contributed by atoms with Crippen LogP contribution in [0.25, 0.3) is 0 Å². The number of ether oxygens (including phenoxy) is 1. The van der Waals surface area contributed by atoms with Crippen LogP contribution < -0.4 is 10.1 Å². The molecule has 5 heteroatoms. The molecule has 1 aromatic rings. The third-order valence-corrected chi connectivity index (χ3v) is 2.07. The van der Waals surface area contributed by atoms with Crippen LogP contribution in [0.2, 0.25) is 0 Å². The van der Waals surface area contributed by atoms with Crippen LogP contribution in [0, 0.1) is 0 Å². The van der Waals surface area contributed by atoms with E-state index in [1.165, 1.54) is 0 Å². The lowest BCUT2D eigenvalue weighted by atomic mass is 10.3. The Labute approximate surface area is 95.1 Å². The van der Waals surface area contributed by atoms with Gasteiger partial charge in [0.15, 0.2) is 0 Å². The summed E-state index contributed by atoms with van der Waals surface area (Å²) in [5.41, 5.74) is 1.02. The van der Waals surface area contributed by atoms with Gasteiger partial charge in [-0.05, 0) is 20.0 Å². The monoisotopic (exact) mass is 226 g/mol. The zero-order valence-corrected chi connectivity index (χ0v) is 9.44. The van der Waals surface area contributed by atoms with Crippen LogP contribution in [0.5, 0.6) is 5.75 Å². The number of nitrogens with zero attached hydrogens (tertiary/aromatic N) is 1. The second-order valence-electron chi connectivity index (χ2n) is 3.41. The first-order chi connectivity index (χ1) is 7.80. The van der Waals surface area contributed by atoms with Crippen molar-refractivity contribution in [3.05, 3.63) is 23.5 Å². The maximum atomic E-state index is 8.98. The van der Waals surface area contributed by atoms with Gasteiger partial charge in [0.25, 0.3) is 0 Å². The van der Waals surface area contributed by atoms with E-state index in [4.69, 9.17) is 14.9 Å². The summed E-state index contributed by atoms with van der Waals surface area (Å²) in [6, 6.07) is 3.36. The van der Waals surface area contributed by atoms with Crippen LogP contribution in [0.3, 0.4) is 0 Å². The molecule has 0 fully saturated rings. The number of hydrogen-bond donors (Lipinski definition) is 3. The molecule has 0 bridgehead atoms. The van der Waals surface area contributed by atoms with E-state index in [9.17, 15) is 0 Å². The van der Waals surface area contributed by atoms with E-state index in [1.807, 2.05) is 7.05 Å². The van der Waals surface area contributed by atoms with Crippen molar-refractivity contribution in [2.75, 3.05) is 20.2 Å². The number of aliphatic hydroxyl groups is 2. The standard InChI is InChI=1S/C11H18N2O3/c1-12-3-2-4-16-11-5-9(7-14)13-10(6-11)8-15/h5-6,12,14-15H,2-4,7-8H2,1H3. The molecule has 0 saturated heterocycles. The summed E-state index contributed by atoms with van der Waals surface area (Å²) in [6.45, 7) is 1.19. The molecule has 90 valence electrons. The molecule has 0 amide bonds. The fourth-order valence-electron chi connectivity index (χ4n) is 1.30. The minimum absolute atomic E-state index is 0.152. The van der Waals surface area contributed by atoms with Crippen molar-refractivity contribution >= 4 is 0 Å². The Balaban J connectivity index is 2.57. The molecule has 0 unspecified atom stereocenters. The molecule has 1 aromatic heterocycles. The van der Waals surface area contributed by atoms with Crippen LogP contribution in [0.15, 0.2) is 12.1 Å². The van der Waals surface area contributed by atoms with Crippen molar-refractivity contribution in [3.63, 3.8) is 0 Å². The Morgan fingerprint density at radius 3 is 2.38 bits per heavy atom. The van der Waals surface area contributed by atoms with Crippen molar-refractivity contribution in [3.8, 4) is 5.75 Å². The molecule has 0 saturated carbocycles.